The largest absolute Gasteiger partial charge is 0.380 e. The molecular formula is C18H23N3O. The molecule has 1 aromatic heterocycles. The number of rotatable bonds is 6. The van der Waals surface area contributed by atoms with Gasteiger partial charge < -0.3 is 10.6 Å². The molecule has 2 aromatic rings. The van der Waals surface area contributed by atoms with E-state index < -0.39 is 0 Å². The SMILES string of the molecule is Cc1ccccc1CNc1ccc(C(=O)NCC(C)C)nc1. The molecular weight excluding hydrogens is 274 g/mol. The summed E-state index contributed by atoms with van der Waals surface area (Å²) in [5.41, 5.74) is 3.86. The Kier molecular flexibility index (Phi) is 5.53. The van der Waals surface area contributed by atoms with E-state index in [2.05, 4.69) is 48.5 Å². The molecule has 0 fully saturated rings. The summed E-state index contributed by atoms with van der Waals surface area (Å²) in [6, 6.07) is 11.9. The lowest BCUT2D eigenvalue weighted by atomic mass is 10.1. The van der Waals surface area contributed by atoms with Crippen molar-refractivity contribution < 1.29 is 4.79 Å². The number of nitrogens with zero attached hydrogens (tertiary/aromatic N) is 1. The standard InChI is InChI=1S/C18H23N3O/c1-13(2)10-21-18(22)17-9-8-16(12-20-17)19-11-15-7-5-4-6-14(15)3/h4-9,12-13,19H,10-11H2,1-3H3,(H,21,22). The Morgan fingerprint density at radius 3 is 2.59 bits per heavy atom. The van der Waals surface area contributed by atoms with Gasteiger partial charge in [-0.25, -0.2) is 4.98 Å². The van der Waals surface area contributed by atoms with Gasteiger partial charge in [-0.05, 0) is 36.1 Å². The summed E-state index contributed by atoms with van der Waals surface area (Å²) in [6.45, 7) is 7.62. The zero-order valence-corrected chi connectivity index (χ0v) is 13.4. The van der Waals surface area contributed by atoms with Crippen LogP contribution in [0, 0.1) is 12.8 Å². The van der Waals surface area contributed by atoms with Crippen molar-refractivity contribution in [3.8, 4) is 0 Å². The highest BCUT2D eigenvalue weighted by Crippen LogP contribution is 2.11. The Morgan fingerprint density at radius 1 is 1.18 bits per heavy atom. The van der Waals surface area contributed by atoms with Gasteiger partial charge in [-0.1, -0.05) is 38.1 Å². The van der Waals surface area contributed by atoms with E-state index in [-0.39, 0.29) is 5.91 Å². The minimum atomic E-state index is -0.126. The third-order valence-electron chi connectivity index (χ3n) is 3.41. The second kappa shape index (κ2) is 7.59. The highest BCUT2D eigenvalue weighted by molar-refractivity contribution is 5.92. The molecule has 116 valence electrons. The predicted octanol–water partition coefficient (Wildman–Crippen LogP) is 3.39. The smallest absolute Gasteiger partial charge is 0.269 e. The molecule has 0 spiro atoms. The Morgan fingerprint density at radius 2 is 1.95 bits per heavy atom. The lowest BCUT2D eigenvalue weighted by Crippen LogP contribution is -2.27. The topological polar surface area (TPSA) is 54.0 Å². The normalized spacial score (nSPS) is 10.5. The van der Waals surface area contributed by atoms with E-state index in [1.807, 2.05) is 18.2 Å². The maximum absolute atomic E-state index is 11.9. The molecule has 0 saturated carbocycles. The van der Waals surface area contributed by atoms with Gasteiger partial charge in [-0.15, -0.1) is 0 Å². The summed E-state index contributed by atoms with van der Waals surface area (Å²) in [5, 5.41) is 6.19. The summed E-state index contributed by atoms with van der Waals surface area (Å²) in [4.78, 5) is 16.1. The molecule has 0 unspecified atom stereocenters. The van der Waals surface area contributed by atoms with Crippen molar-refractivity contribution in [2.75, 3.05) is 11.9 Å². The van der Waals surface area contributed by atoms with Crippen LogP contribution in [0.2, 0.25) is 0 Å². The first-order valence-corrected chi connectivity index (χ1v) is 7.59. The summed E-state index contributed by atoms with van der Waals surface area (Å²) in [7, 11) is 0. The van der Waals surface area contributed by atoms with E-state index >= 15 is 0 Å². The highest BCUT2D eigenvalue weighted by atomic mass is 16.1. The number of hydrogen-bond donors (Lipinski definition) is 2. The third-order valence-corrected chi connectivity index (χ3v) is 3.41. The molecule has 0 aliphatic carbocycles. The quantitative estimate of drug-likeness (QED) is 0.859. The van der Waals surface area contributed by atoms with Crippen molar-refractivity contribution in [1.29, 1.82) is 0 Å². The number of benzene rings is 1. The Hall–Kier alpha value is -2.36. The Bertz CT molecular complexity index is 620. The molecule has 2 N–H and O–H groups in total. The maximum atomic E-state index is 11.9. The average Bonchev–Trinajstić information content (AvgIpc) is 2.52. The number of carbonyl (C=O) groups is 1. The third kappa shape index (κ3) is 4.58. The van der Waals surface area contributed by atoms with E-state index in [9.17, 15) is 4.79 Å². The van der Waals surface area contributed by atoms with E-state index in [1.165, 1.54) is 11.1 Å². The fraction of sp³-hybridized carbons (Fsp3) is 0.333. The molecule has 0 radical (unpaired) electrons. The molecule has 0 aliphatic rings. The van der Waals surface area contributed by atoms with Gasteiger partial charge in [-0.3, -0.25) is 4.79 Å². The molecule has 0 bridgehead atoms. The van der Waals surface area contributed by atoms with Crippen molar-refractivity contribution in [1.82, 2.24) is 10.3 Å². The molecule has 0 atom stereocenters. The fourth-order valence-corrected chi connectivity index (χ4v) is 2.03. The monoisotopic (exact) mass is 297 g/mol. The molecule has 4 heteroatoms. The molecule has 2 rings (SSSR count). The van der Waals surface area contributed by atoms with Gasteiger partial charge in [0.2, 0.25) is 0 Å². The van der Waals surface area contributed by atoms with Crippen LogP contribution in [-0.2, 0) is 6.54 Å². The Balaban J connectivity index is 1.92. The van der Waals surface area contributed by atoms with E-state index in [0.29, 0.717) is 18.2 Å². The molecule has 0 saturated heterocycles. The number of aromatic nitrogens is 1. The van der Waals surface area contributed by atoms with Crippen molar-refractivity contribution in [2.24, 2.45) is 5.92 Å². The zero-order valence-electron chi connectivity index (χ0n) is 13.4. The molecule has 0 aliphatic heterocycles. The number of hydrogen-bond acceptors (Lipinski definition) is 3. The van der Waals surface area contributed by atoms with Gasteiger partial charge in [0.05, 0.1) is 11.9 Å². The lowest BCUT2D eigenvalue weighted by Gasteiger charge is -2.10. The first kappa shape index (κ1) is 16.0. The minimum absolute atomic E-state index is 0.126. The lowest BCUT2D eigenvalue weighted by molar-refractivity contribution is 0.0944. The maximum Gasteiger partial charge on any atom is 0.269 e. The minimum Gasteiger partial charge on any atom is -0.380 e. The molecule has 1 aromatic carbocycles. The molecule has 1 heterocycles. The van der Waals surface area contributed by atoms with E-state index in [4.69, 9.17) is 0 Å². The summed E-state index contributed by atoms with van der Waals surface area (Å²) in [5.74, 6) is 0.304. The first-order chi connectivity index (χ1) is 10.6. The zero-order chi connectivity index (χ0) is 15.9. The van der Waals surface area contributed by atoms with Crippen molar-refractivity contribution in [3.05, 3.63) is 59.4 Å². The van der Waals surface area contributed by atoms with E-state index in [1.54, 1.807) is 12.3 Å². The summed E-state index contributed by atoms with van der Waals surface area (Å²) in [6.07, 6.45) is 1.70. The van der Waals surface area contributed by atoms with Gasteiger partial charge in [-0.2, -0.15) is 0 Å². The number of pyridine rings is 1. The van der Waals surface area contributed by atoms with Crippen molar-refractivity contribution >= 4 is 11.6 Å². The van der Waals surface area contributed by atoms with Gasteiger partial charge in [0, 0.05) is 13.1 Å². The summed E-state index contributed by atoms with van der Waals surface area (Å²) < 4.78 is 0. The van der Waals surface area contributed by atoms with Crippen molar-refractivity contribution in [3.63, 3.8) is 0 Å². The predicted molar refractivity (Wildman–Crippen MR) is 89.9 cm³/mol. The number of carbonyl (C=O) groups excluding carboxylic acids is 1. The number of amides is 1. The number of nitrogens with one attached hydrogen (secondary N) is 2. The van der Waals surface area contributed by atoms with Crippen LogP contribution in [0.25, 0.3) is 0 Å². The molecule has 22 heavy (non-hydrogen) atoms. The average molecular weight is 297 g/mol. The van der Waals surface area contributed by atoms with Crippen LogP contribution in [0.5, 0.6) is 0 Å². The van der Waals surface area contributed by atoms with Gasteiger partial charge in [0.1, 0.15) is 5.69 Å². The highest BCUT2D eigenvalue weighted by Gasteiger charge is 2.07. The van der Waals surface area contributed by atoms with Crippen LogP contribution in [0.3, 0.4) is 0 Å². The van der Waals surface area contributed by atoms with Gasteiger partial charge in [0.25, 0.3) is 5.91 Å². The number of aryl methyl sites for hydroxylation is 1. The molecule has 1 amide bonds. The molecule has 4 nitrogen and oxygen atoms in total. The van der Waals surface area contributed by atoms with Crippen LogP contribution >= 0.6 is 0 Å². The first-order valence-electron chi connectivity index (χ1n) is 7.59. The Labute approximate surface area is 132 Å². The van der Waals surface area contributed by atoms with Gasteiger partial charge >= 0.3 is 0 Å². The van der Waals surface area contributed by atoms with Crippen LogP contribution in [-0.4, -0.2) is 17.4 Å². The van der Waals surface area contributed by atoms with Crippen molar-refractivity contribution in [2.45, 2.75) is 27.3 Å². The van der Waals surface area contributed by atoms with Crippen LogP contribution in [0.15, 0.2) is 42.6 Å². The van der Waals surface area contributed by atoms with Crippen LogP contribution in [0.4, 0.5) is 5.69 Å². The fourth-order valence-electron chi connectivity index (χ4n) is 2.03. The van der Waals surface area contributed by atoms with Gasteiger partial charge in [0.15, 0.2) is 0 Å². The second-order valence-electron chi connectivity index (χ2n) is 5.82. The number of anilines is 1. The van der Waals surface area contributed by atoms with Crippen LogP contribution in [0.1, 0.15) is 35.5 Å². The van der Waals surface area contributed by atoms with E-state index in [0.717, 1.165) is 12.2 Å². The summed E-state index contributed by atoms with van der Waals surface area (Å²) >= 11 is 0. The van der Waals surface area contributed by atoms with Crippen LogP contribution < -0.4 is 10.6 Å². The second-order valence-corrected chi connectivity index (χ2v) is 5.82.